The number of hydrogen-bond acceptors (Lipinski definition) is 2. The highest BCUT2D eigenvalue weighted by molar-refractivity contribution is 5.94. The van der Waals surface area contributed by atoms with Gasteiger partial charge in [0.15, 0.2) is 0 Å². The molecule has 1 saturated heterocycles. The van der Waals surface area contributed by atoms with Crippen molar-refractivity contribution in [2.75, 3.05) is 13.2 Å². The number of carbonyl (C=O) groups excluding carboxylic acids is 1. The molecule has 0 N–H and O–H groups in total. The molecule has 1 aliphatic rings. The van der Waals surface area contributed by atoms with Gasteiger partial charge in [-0.3, -0.25) is 4.79 Å². The minimum Gasteiger partial charge on any atom is -0.374 e. The number of ether oxygens (including phenoxy) is 1. The van der Waals surface area contributed by atoms with Crippen molar-refractivity contribution in [3.05, 3.63) is 35.4 Å². The number of rotatable bonds is 1. The van der Waals surface area contributed by atoms with E-state index in [1.165, 1.54) is 5.56 Å². The number of hydrogen-bond donors (Lipinski definition) is 0. The molecule has 1 atom stereocenters. The number of carbonyl (C=O) groups is 1. The van der Waals surface area contributed by atoms with Crippen molar-refractivity contribution < 1.29 is 9.53 Å². The fourth-order valence-electron chi connectivity index (χ4n) is 2.61. The molecule has 21 heavy (non-hydrogen) atoms. The van der Waals surface area contributed by atoms with Crippen molar-refractivity contribution >= 4 is 5.91 Å². The molecule has 0 aromatic heterocycles. The first-order valence-electron chi connectivity index (χ1n) is 7.65. The van der Waals surface area contributed by atoms with Gasteiger partial charge in [0.2, 0.25) is 0 Å². The maximum atomic E-state index is 12.8. The lowest BCUT2D eigenvalue weighted by atomic mass is 9.86. The third kappa shape index (κ3) is 3.46. The minimum atomic E-state index is -0.258. The van der Waals surface area contributed by atoms with Crippen LogP contribution in [-0.4, -0.2) is 35.6 Å². The molecule has 1 unspecified atom stereocenters. The highest BCUT2D eigenvalue weighted by Crippen LogP contribution is 2.26. The molecule has 1 aromatic rings. The van der Waals surface area contributed by atoms with Crippen molar-refractivity contribution in [3.8, 4) is 0 Å². The third-order valence-electron chi connectivity index (χ3n) is 4.13. The average molecular weight is 289 g/mol. The zero-order chi connectivity index (χ0) is 15.8. The SMILES string of the molecule is CC1CN(C(=O)c2ccc(C(C)(C)C)cc2)C(C)(C)CO1. The van der Waals surface area contributed by atoms with Crippen molar-refractivity contribution in [3.63, 3.8) is 0 Å². The maximum absolute atomic E-state index is 12.8. The first kappa shape index (κ1) is 16.0. The molecule has 0 aliphatic carbocycles. The van der Waals surface area contributed by atoms with Crippen LogP contribution in [-0.2, 0) is 10.2 Å². The second kappa shape index (κ2) is 5.45. The molecule has 3 heteroatoms. The third-order valence-corrected chi connectivity index (χ3v) is 4.13. The Bertz CT molecular complexity index is 511. The monoisotopic (exact) mass is 289 g/mol. The fraction of sp³-hybridized carbons (Fsp3) is 0.611. The molecule has 1 aliphatic heterocycles. The van der Waals surface area contributed by atoms with Crippen LogP contribution < -0.4 is 0 Å². The van der Waals surface area contributed by atoms with E-state index in [1.54, 1.807) is 0 Å². The number of benzene rings is 1. The molecule has 0 saturated carbocycles. The van der Waals surface area contributed by atoms with E-state index in [1.807, 2.05) is 24.0 Å². The summed E-state index contributed by atoms with van der Waals surface area (Å²) in [4.78, 5) is 14.7. The quantitative estimate of drug-likeness (QED) is 0.790. The van der Waals surface area contributed by atoms with Crippen LogP contribution >= 0.6 is 0 Å². The van der Waals surface area contributed by atoms with Gasteiger partial charge in [0.05, 0.1) is 18.2 Å². The summed E-state index contributed by atoms with van der Waals surface area (Å²) >= 11 is 0. The van der Waals surface area contributed by atoms with Gasteiger partial charge in [-0.05, 0) is 43.9 Å². The molecule has 1 fully saturated rings. The Morgan fingerprint density at radius 1 is 1.24 bits per heavy atom. The highest BCUT2D eigenvalue weighted by Gasteiger charge is 2.37. The second-order valence-corrected chi connectivity index (χ2v) is 7.68. The van der Waals surface area contributed by atoms with Crippen LogP contribution in [0.5, 0.6) is 0 Å². The van der Waals surface area contributed by atoms with Crippen LogP contribution in [0, 0.1) is 0 Å². The summed E-state index contributed by atoms with van der Waals surface area (Å²) in [5.74, 6) is 0.0932. The van der Waals surface area contributed by atoms with Gasteiger partial charge in [-0.15, -0.1) is 0 Å². The van der Waals surface area contributed by atoms with E-state index in [9.17, 15) is 4.79 Å². The van der Waals surface area contributed by atoms with Gasteiger partial charge in [-0.25, -0.2) is 0 Å². The molecule has 3 nitrogen and oxygen atoms in total. The van der Waals surface area contributed by atoms with Gasteiger partial charge < -0.3 is 9.64 Å². The zero-order valence-corrected chi connectivity index (χ0v) is 14.1. The van der Waals surface area contributed by atoms with Crippen LogP contribution in [0.1, 0.15) is 57.5 Å². The second-order valence-electron chi connectivity index (χ2n) is 7.68. The van der Waals surface area contributed by atoms with Crippen molar-refractivity contribution in [2.24, 2.45) is 0 Å². The Morgan fingerprint density at radius 3 is 2.33 bits per heavy atom. The Morgan fingerprint density at radius 2 is 1.81 bits per heavy atom. The van der Waals surface area contributed by atoms with Crippen molar-refractivity contribution in [1.82, 2.24) is 4.90 Å². The zero-order valence-electron chi connectivity index (χ0n) is 14.1. The minimum absolute atomic E-state index is 0.0932. The van der Waals surface area contributed by atoms with E-state index in [0.717, 1.165) is 5.56 Å². The summed E-state index contributed by atoms with van der Waals surface area (Å²) in [6.45, 7) is 13.9. The lowest BCUT2D eigenvalue weighted by Crippen LogP contribution is -2.57. The van der Waals surface area contributed by atoms with Crippen LogP contribution in [0.25, 0.3) is 0 Å². The molecule has 1 aromatic carbocycles. The number of nitrogens with zero attached hydrogens (tertiary/aromatic N) is 1. The van der Waals surface area contributed by atoms with Gasteiger partial charge in [0, 0.05) is 12.1 Å². The van der Waals surface area contributed by atoms with Gasteiger partial charge in [0.25, 0.3) is 5.91 Å². The molecule has 0 bridgehead atoms. The predicted octanol–water partition coefficient (Wildman–Crippen LogP) is 3.62. The summed E-state index contributed by atoms with van der Waals surface area (Å²) in [7, 11) is 0. The lowest BCUT2D eigenvalue weighted by Gasteiger charge is -2.44. The molecule has 1 heterocycles. The van der Waals surface area contributed by atoms with Crippen LogP contribution in [0.4, 0.5) is 0 Å². The van der Waals surface area contributed by atoms with E-state index >= 15 is 0 Å². The summed E-state index contributed by atoms with van der Waals surface area (Å²) in [5.41, 5.74) is 1.85. The molecule has 1 amide bonds. The van der Waals surface area contributed by atoms with Gasteiger partial charge in [0.1, 0.15) is 0 Å². The van der Waals surface area contributed by atoms with Crippen molar-refractivity contribution in [2.45, 2.75) is 58.6 Å². The molecule has 0 radical (unpaired) electrons. The average Bonchev–Trinajstić information content (AvgIpc) is 2.40. The summed E-state index contributed by atoms with van der Waals surface area (Å²) in [6, 6.07) is 8.01. The molecular formula is C18H27NO2. The van der Waals surface area contributed by atoms with E-state index in [2.05, 4.69) is 46.8 Å². The van der Waals surface area contributed by atoms with E-state index < -0.39 is 0 Å². The van der Waals surface area contributed by atoms with Crippen LogP contribution in [0.3, 0.4) is 0 Å². The van der Waals surface area contributed by atoms with E-state index in [0.29, 0.717) is 13.2 Å². The summed E-state index contributed by atoms with van der Waals surface area (Å²) < 4.78 is 5.68. The molecule has 116 valence electrons. The number of amides is 1. The summed E-state index contributed by atoms with van der Waals surface area (Å²) in [5, 5.41) is 0. The first-order chi connectivity index (χ1) is 9.61. The lowest BCUT2D eigenvalue weighted by molar-refractivity contribution is -0.0755. The van der Waals surface area contributed by atoms with E-state index in [-0.39, 0.29) is 23.0 Å². The van der Waals surface area contributed by atoms with Gasteiger partial charge in [-0.2, -0.15) is 0 Å². The Kier molecular flexibility index (Phi) is 4.16. The molecular weight excluding hydrogens is 262 g/mol. The largest absolute Gasteiger partial charge is 0.374 e. The topological polar surface area (TPSA) is 29.5 Å². The Labute approximate surface area is 128 Å². The first-order valence-corrected chi connectivity index (χ1v) is 7.65. The van der Waals surface area contributed by atoms with Gasteiger partial charge in [-0.1, -0.05) is 32.9 Å². The van der Waals surface area contributed by atoms with Gasteiger partial charge >= 0.3 is 0 Å². The number of morpholine rings is 1. The standard InChI is InChI=1S/C18H27NO2/c1-13-11-19(18(5,6)12-21-13)16(20)14-7-9-15(10-8-14)17(2,3)4/h7-10,13H,11-12H2,1-6H3. The fourth-order valence-corrected chi connectivity index (χ4v) is 2.61. The molecule has 0 spiro atoms. The summed E-state index contributed by atoms with van der Waals surface area (Å²) in [6.07, 6.45) is 0.0934. The molecule has 2 rings (SSSR count). The van der Waals surface area contributed by atoms with Crippen LogP contribution in [0.2, 0.25) is 0 Å². The highest BCUT2D eigenvalue weighted by atomic mass is 16.5. The van der Waals surface area contributed by atoms with E-state index in [4.69, 9.17) is 4.74 Å². The normalized spacial score (nSPS) is 22.2. The Hall–Kier alpha value is -1.35. The van der Waals surface area contributed by atoms with Crippen molar-refractivity contribution in [1.29, 1.82) is 0 Å². The predicted molar refractivity (Wildman–Crippen MR) is 85.7 cm³/mol. The maximum Gasteiger partial charge on any atom is 0.254 e. The Balaban J connectivity index is 2.23. The van der Waals surface area contributed by atoms with Crippen LogP contribution in [0.15, 0.2) is 24.3 Å². The smallest absolute Gasteiger partial charge is 0.254 e.